The molecule has 0 heterocycles. The second-order valence-electron chi connectivity index (χ2n) is 5.19. The van der Waals surface area contributed by atoms with E-state index in [1.165, 1.54) is 11.9 Å². The van der Waals surface area contributed by atoms with Gasteiger partial charge in [-0.2, -0.15) is 13.2 Å². The number of nitrogens with zero attached hydrogens (tertiary/aromatic N) is 1. The van der Waals surface area contributed by atoms with Gasteiger partial charge >= 0.3 is 12.2 Å². The third kappa shape index (κ3) is 4.56. The molecule has 1 aliphatic rings. The fourth-order valence-corrected chi connectivity index (χ4v) is 2.22. The van der Waals surface area contributed by atoms with Crippen molar-refractivity contribution in [2.75, 3.05) is 13.7 Å². The lowest BCUT2D eigenvalue weighted by Gasteiger charge is -2.33. The molecule has 3 atom stereocenters. The molecule has 1 aliphatic carbocycles. The van der Waals surface area contributed by atoms with Crippen LogP contribution in [0.15, 0.2) is 0 Å². The Labute approximate surface area is 111 Å². The zero-order valence-corrected chi connectivity index (χ0v) is 11.2. The molecule has 19 heavy (non-hydrogen) atoms. The molecule has 7 heteroatoms. The molecule has 0 aromatic carbocycles. The van der Waals surface area contributed by atoms with Crippen molar-refractivity contribution in [1.82, 2.24) is 10.2 Å². The minimum absolute atomic E-state index is 0.0589. The number of nitrogens with one attached hydrogen (secondary N) is 1. The van der Waals surface area contributed by atoms with Crippen LogP contribution < -0.4 is 5.32 Å². The molecule has 0 radical (unpaired) electrons. The Morgan fingerprint density at radius 2 is 2.11 bits per heavy atom. The molecular weight excluding hydrogens is 261 g/mol. The van der Waals surface area contributed by atoms with Gasteiger partial charge in [-0.25, -0.2) is 4.79 Å². The highest BCUT2D eigenvalue weighted by Crippen LogP contribution is 2.37. The van der Waals surface area contributed by atoms with Gasteiger partial charge in [-0.1, -0.05) is 6.42 Å². The number of amides is 2. The topological polar surface area (TPSA) is 52.6 Å². The summed E-state index contributed by atoms with van der Waals surface area (Å²) in [6.45, 7) is 1.48. The molecule has 0 aromatic rings. The van der Waals surface area contributed by atoms with Crippen molar-refractivity contribution in [3.63, 3.8) is 0 Å². The van der Waals surface area contributed by atoms with E-state index in [1.54, 1.807) is 6.92 Å². The number of hydrogen-bond acceptors (Lipinski definition) is 2. The van der Waals surface area contributed by atoms with Crippen LogP contribution in [0.1, 0.15) is 32.6 Å². The summed E-state index contributed by atoms with van der Waals surface area (Å²) in [6.07, 6.45) is -3.07. The van der Waals surface area contributed by atoms with Crippen LogP contribution in [0.4, 0.5) is 18.0 Å². The van der Waals surface area contributed by atoms with Gasteiger partial charge in [-0.3, -0.25) is 0 Å². The Morgan fingerprint density at radius 3 is 2.63 bits per heavy atom. The monoisotopic (exact) mass is 282 g/mol. The second-order valence-corrected chi connectivity index (χ2v) is 5.19. The number of carbonyl (C=O) groups is 1. The number of rotatable bonds is 3. The highest BCUT2D eigenvalue weighted by atomic mass is 19.4. The van der Waals surface area contributed by atoms with Crippen LogP contribution in [0.25, 0.3) is 0 Å². The predicted molar refractivity (Wildman–Crippen MR) is 64.6 cm³/mol. The molecule has 0 saturated heterocycles. The third-order valence-corrected chi connectivity index (χ3v) is 3.71. The summed E-state index contributed by atoms with van der Waals surface area (Å²) in [4.78, 5) is 13.1. The molecule has 2 N–H and O–H groups in total. The Balaban J connectivity index is 2.51. The van der Waals surface area contributed by atoms with Gasteiger partial charge in [0.15, 0.2) is 0 Å². The number of alkyl halides is 3. The smallest absolute Gasteiger partial charge is 0.391 e. The number of urea groups is 1. The van der Waals surface area contributed by atoms with Crippen LogP contribution in [0, 0.1) is 5.92 Å². The Morgan fingerprint density at radius 1 is 1.47 bits per heavy atom. The maximum Gasteiger partial charge on any atom is 0.391 e. The quantitative estimate of drug-likeness (QED) is 0.833. The molecule has 0 spiro atoms. The van der Waals surface area contributed by atoms with Crippen molar-refractivity contribution in [1.29, 1.82) is 0 Å². The zero-order chi connectivity index (χ0) is 14.6. The molecule has 4 nitrogen and oxygen atoms in total. The number of likely N-dealkylation sites (N-methyl/N-ethyl adjacent to an activating group) is 1. The van der Waals surface area contributed by atoms with Gasteiger partial charge in [0.25, 0.3) is 0 Å². The minimum atomic E-state index is -4.19. The van der Waals surface area contributed by atoms with Gasteiger partial charge in [-0.15, -0.1) is 0 Å². The van der Waals surface area contributed by atoms with Crippen molar-refractivity contribution in [2.45, 2.75) is 50.9 Å². The maximum absolute atomic E-state index is 12.6. The van der Waals surface area contributed by atoms with E-state index in [-0.39, 0.29) is 25.5 Å². The average molecular weight is 282 g/mol. The van der Waals surface area contributed by atoms with Gasteiger partial charge in [-0.05, 0) is 26.2 Å². The van der Waals surface area contributed by atoms with E-state index >= 15 is 0 Å². The van der Waals surface area contributed by atoms with E-state index < -0.39 is 24.2 Å². The molecule has 0 bridgehead atoms. The zero-order valence-electron chi connectivity index (χ0n) is 11.2. The van der Waals surface area contributed by atoms with E-state index in [0.29, 0.717) is 12.8 Å². The van der Waals surface area contributed by atoms with Crippen LogP contribution in [-0.2, 0) is 0 Å². The molecule has 3 unspecified atom stereocenters. The maximum atomic E-state index is 12.6. The standard InChI is InChI=1S/C12H21F3N2O2/c1-8(7-18)17(2)11(19)16-10-5-3-4-9(6-10)12(13,14)15/h8-10,18H,3-7H2,1-2H3,(H,16,19). The number of aliphatic hydroxyl groups is 1. The number of carbonyl (C=O) groups excluding carboxylic acids is 1. The minimum Gasteiger partial charge on any atom is -0.394 e. The van der Waals surface area contributed by atoms with Crippen molar-refractivity contribution in [3.8, 4) is 0 Å². The summed E-state index contributed by atoms with van der Waals surface area (Å²) < 4.78 is 37.9. The van der Waals surface area contributed by atoms with Gasteiger partial charge < -0.3 is 15.3 Å². The van der Waals surface area contributed by atoms with Gasteiger partial charge in [0.1, 0.15) is 0 Å². The van der Waals surface area contributed by atoms with E-state index in [2.05, 4.69) is 5.32 Å². The fourth-order valence-electron chi connectivity index (χ4n) is 2.22. The predicted octanol–water partition coefficient (Wildman–Crippen LogP) is 2.13. The van der Waals surface area contributed by atoms with Crippen molar-refractivity contribution in [3.05, 3.63) is 0 Å². The van der Waals surface area contributed by atoms with Crippen LogP contribution in [0.5, 0.6) is 0 Å². The molecule has 0 aliphatic heterocycles. The van der Waals surface area contributed by atoms with Crippen LogP contribution in [0.3, 0.4) is 0 Å². The molecule has 112 valence electrons. The lowest BCUT2D eigenvalue weighted by molar-refractivity contribution is -0.183. The lowest BCUT2D eigenvalue weighted by atomic mass is 9.85. The van der Waals surface area contributed by atoms with Gasteiger partial charge in [0, 0.05) is 13.1 Å². The highest BCUT2D eigenvalue weighted by Gasteiger charge is 2.42. The second kappa shape index (κ2) is 6.45. The first-order valence-corrected chi connectivity index (χ1v) is 6.46. The summed E-state index contributed by atoms with van der Waals surface area (Å²) >= 11 is 0. The average Bonchev–Trinajstić information content (AvgIpc) is 2.36. The lowest BCUT2D eigenvalue weighted by Crippen LogP contribution is -2.49. The Kier molecular flexibility index (Phi) is 5.46. The summed E-state index contributed by atoms with van der Waals surface area (Å²) in [6, 6.07) is -1.24. The molecule has 1 fully saturated rings. The SMILES string of the molecule is CC(CO)N(C)C(=O)NC1CCCC(C(F)(F)F)C1. The van der Waals surface area contributed by atoms with E-state index in [4.69, 9.17) is 5.11 Å². The fraction of sp³-hybridized carbons (Fsp3) is 0.917. The molecule has 1 saturated carbocycles. The van der Waals surface area contributed by atoms with Crippen LogP contribution in [0.2, 0.25) is 0 Å². The summed E-state index contributed by atoms with van der Waals surface area (Å²) in [7, 11) is 1.51. The van der Waals surface area contributed by atoms with E-state index in [0.717, 1.165) is 0 Å². The first kappa shape index (κ1) is 16.1. The molecule has 2 amide bonds. The number of hydrogen-bond donors (Lipinski definition) is 2. The molecule has 1 rings (SSSR count). The van der Waals surface area contributed by atoms with Gasteiger partial charge in [0.05, 0.1) is 18.6 Å². The summed E-state index contributed by atoms with van der Waals surface area (Å²) in [5, 5.41) is 11.6. The highest BCUT2D eigenvalue weighted by molar-refractivity contribution is 5.74. The normalized spacial score (nSPS) is 25.8. The molecular formula is C12H21F3N2O2. The largest absolute Gasteiger partial charge is 0.394 e. The molecule has 0 aromatic heterocycles. The van der Waals surface area contributed by atoms with Gasteiger partial charge in [0.2, 0.25) is 0 Å². The van der Waals surface area contributed by atoms with Crippen molar-refractivity contribution >= 4 is 6.03 Å². The first-order valence-electron chi connectivity index (χ1n) is 6.46. The van der Waals surface area contributed by atoms with Crippen molar-refractivity contribution < 1.29 is 23.1 Å². The Bertz CT molecular complexity index is 310. The van der Waals surface area contributed by atoms with Crippen LogP contribution >= 0.6 is 0 Å². The van der Waals surface area contributed by atoms with E-state index in [9.17, 15) is 18.0 Å². The number of halogens is 3. The first-order chi connectivity index (χ1) is 8.75. The summed E-state index contributed by atoms with van der Waals surface area (Å²) in [5.74, 6) is -1.33. The van der Waals surface area contributed by atoms with Crippen LogP contribution in [-0.4, -0.2) is 48.0 Å². The van der Waals surface area contributed by atoms with Crippen molar-refractivity contribution in [2.24, 2.45) is 5.92 Å². The number of aliphatic hydroxyl groups excluding tert-OH is 1. The Hall–Kier alpha value is -0.980. The van der Waals surface area contributed by atoms with E-state index in [1.807, 2.05) is 0 Å². The summed E-state index contributed by atoms with van der Waals surface area (Å²) in [5.41, 5.74) is 0. The third-order valence-electron chi connectivity index (χ3n) is 3.71.